The molecule has 210 valence electrons. The van der Waals surface area contributed by atoms with Crippen LogP contribution in [0.15, 0.2) is 47.5 Å². The van der Waals surface area contributed by atoms with Crippen LogP contribution in [0.3, 0.4) is 0 Å². The van der Waals surface area contributed by atoms with E-state index >= 15 is 0 Å². The molecule has 1 aliphatic rings. The molecule has 5 rings (SSSR count). The van der Waals surface area contributed by atoms with Crippen molar-refractivity contribution in [2.45, 2.75) is 39.0 Å². The van der Waals surface area contributed by atoms with E-state index in [-0.39, 0.29) is 40.5 Å². The topological polar surface area (TPSA) is 109 Å². The van der Waals surface area contributed by atoms with Crippen molar-refractivity contribution in [3.8, 4) is 11.4 Å². The molecule has 0 bridgehead atoms. The number of fused-ring (bicyclic) bond motifs is 1. The molecule has 4 heterocycles. The fourth-order valence-corrected chi connectivity index (χ4v) is 5.04. The Balaban J connectivity index is 1.59. The summed E-state index contributed by atoms with van der Waals surface area (Å²) in [6.45, 7) is 5.43. The zero-order chi connectivity index (χ0) is 28.6. The Hall–Kier alpha value is -3.97. The van der Waals surface area contributed by atoms with Crippen molar-refractivity contribution >= 4 is 34.7 Å². The number of halogens is 4. The predicted octanol–water partition coefficient (Wildman–Crippen LogP) is 3.62. The summed E-state index contributed by atoms with van der Waals surface area (Å²) in [5, 5.41) is 10.2. The van der Waals surface area contributed by atoms with Gasteiger partial charge in [0.1, 0.15) is 12.2 Å². The SMILES string of the molecule is CCc1c(N2CCN[C@H](C)C2)c(=O)n2nc(-c3cccnc3)nc2n1CC(=O)Nc1ccc(C(F)(F)F)cc1Cl. The molecule has 0 unspecified atom stereocenters. The van der Waals surface area contributed by atoms with E-state index < -0.39 is 17.6 Å². The van der Waals surface area contributed by atoms with Gasteiger partial charge in [-0.3, -0.25) is 14.6 Å². The number of pyridine rings is 1. The number of alkyl halides is 3. The second-order valence-corrected chi connectivity index (χ2v) is 9.88. The van der Waals surface area contributed by atoms with Gasteiger partial charge in [0.2, 0.25) is 11.7 Å². The molecular formula is C26H26ClF3N8O2. The van der Waals surface area contributed by atoms with Crippen LogP contribution < -0.4 is 21.1 Å². The summed E-state index contributed by atoms with van der Waals surface area (Å²) in [7, 11) is 0. The number of anilines is 2. The molecule has 4 aromatic rings. The number of nitrogens with zero attached hydrogens (tertiary/aromatic N) is 6. The molecule has 2 N–H and O–H groups in total. The lowest BCUT2D eigenvalue weighted by molar-refractivity contribution is -0.137. The monoisotopic (exact) mass is 574 g/mol. The van der Waals surface area contributed by atoms with E-state index in [1.54, 1.807) is 29.1 Å². The molecule has 14 heteroatoms. The van der Waals surface area contributed by atoms with Gasteiger partial charge in [0.25, 0.3) is 5.56 Å². The maximum Gasteiger partial charge on any atom is 0.416 e. The molecule has 0 spiro atoms. The van der Waals surface area contributed by atoms with Crippen LogP contribution in [0, 0.1) is 0 Å². The van der Waals surface area contributed by atoms with Crippen LogP contribution in [-0.2, 0) is 23.9 Å². The average Bonchev–Trinajstić information content (AvgIpc) is 3.37. The van der Waals surface area contributed by atoms with Gasteiger partial charge in [0.05, 0.1) is 22.0 Å². The second-order valence-electron chi connectivity index (χ2n) is 9.47. The molecule has 1 aromatic carbocycles. The molecule has 1 atom stereocenters. The summed E-state index contributed by atoms with van der Waals surface area (Å²) in [5.74, 6) is -0.146. The molecule has 0 radical (unpaired) electrons. The van der Waals surface area contributed by atoms with Crippen molar-refractivity contribution in [2.75, 3.05) is 29.9 Å². The summed E-state index contributed by atoms with van der Waals surface area (Å²) in [5.41, 5.74) is 0.354. The van der Waals surface area contributed by atoms with Gasteiger partial charge in [-0.1, -0.05) is 18.5 Å². The number of aromatic nitrogens is 5. The van der Waals surface area contributed by atoms with E-state index in [4.69, 9.17) is 11.6 Å². The first-order chi connectivity index (χ1) is 19.1. The summed E-state index contributed by atoms with van der Waals surface area (Å²) in [4.78, 5) is 37.7. The fourth-order valence-electron chi connectivity index (χ4n) is 4.81. The molecule has 0 saturated carbocycles. The Bertz CT molecular complexity index is 1620. The van der Waals surface area contributed by atoms with Crippen LogP contribution in [0.2, 0.25) is 5.02 Å². The lowest BCUT2D eigenvalue weighted by atomic mass is 10.1. The first kappa shape index (κ1) is 27.6. The zero-order valence-electron chi connectivity index (χ0n) is 21.7. The summed E-state index contributed by atoms with van der Waals surface area (Å²) in [6.07, 6.45) is -0.985. The highest BCUT2D eigenvalue weighted by Gasteiger charge is 2.31. The van der Waals surface area contributed by atoms with E-state index in [0.717, 1.165) is 18.2 Å². The van der Waals surface area contributed by atoms with Gasteiger partial charge in [0, 0.05) is 43.6 Å². The minimum absolute atomic E-state index is 0.0310. The minimum atomic E-state index is -4.57. The molecule has 1 amide bonds. The Morgan fingerprint density at radius 3 is 2.73 bits per heavy atom. The maximum absolute atomic E-state index is 13.8. The third-order valence-electron chi connectivity index (χ3n) is 6.64. The second kappa shape index (κ2) is 10.9. The van der Waals surface area contributed by atoms with Gasteiger partial charge in [-0.15, -0.1) is 5.10 Å². The number of amides is 1. The van der Waals surface area contributed by atoms with Crippen molar-refractivity contribution in [2.24, 2.45) is 0 Å². The molecule has 1 saturated heterocycles. The number of nitrogens with one attached hydrogen (secondary N) is 2. The van der Waals surface area contributed by atoms with Gasteiger partial charge < -0.3 is 20.1 Å². The molecule has 10 nitrogen and oxygen atoms in total. The standard InChI is InChI=1S/C26H26ClF3N8O2/c1-3-20-22(36-10-9-32-15(2)13-36)24(40)38-25(34-23(35-38)16-5-4-8-31-12-16)37(20)14-21(39)33-19-7-6-17(11-18(19)27)26(28,29)30/h4-8,11-12,15,32H,3,9-10,13-14H2,1-2H3,(H,33,39)/t15-/m1/s1. The smallest absolute Gasteiger partial charge is 0.363 e. The summed E-state index contributed by atoms with van der Waals surface area (Å²) < 4.78 is 42.0. The van der Waals surface area contributed by atoms with Gasteiger partial charge in [0.15, 0.2) is 5.82 Å². The number of rotatable bonds is 6. The van der Waals surface area contributed by atoms with Crippen LogP contribution in [0.4, 0.5) is 24.5 Å². The van der Waals surface area contributed by atoms with E-state index in [2.05, 4.69) is 25.7 Å². The first-order valence-electron chi connectivity index (χ1n) is 12.6. The third-order valence-corrected chi connectivity index (χ3v) is 6.95. The van der Waals surface area contributed by atoms with Crippen molar-refractivity contribution in [3.05, 3.63) is 69.4 Å². The lowest BCUT2D eigenvalue weighted by Crippen LogP contribution is -2.51. The number of benzene rings is 1. The quantitative estimate of drug-likeness (QED) is 0.362. The molecule has 1 aliphatic heterocycles. The maximum atomic E-state index is 13.8. The highest BCUT2D eigenvalue weighted by Crippen LogP contribution is 2.34. The van der Waals surface area contributed by atoms with Crippen molar-refractivity contribution in [1.29, 1.82) is 0 Å². The van der Waals surface area contributed by atoms with Crippen molar-refractivity contribution in [3.63, 3.8) is 0 Å². The molecule has 0 aliphatic carbocycles. The minimum Gasteiger partial charge on any atom is -0.363 e. The Labute approximate surface area is 231 Å². The van der Waals surface area contributed by atoms with E-state index in [0.29, 0.717) is 43.0 Å². The number of carbonyl (C=O) groups excluding carboxylic acids is 1. The van der Waals surface area contributed by atoms with Gasteiger partial charge in [-0.25, -0.2) is 0 Å². The molecular weight excluding hydrogens is 549 g/mol. The van der Waals surface area contributed by atoms with Crippen LogP contribution in [0.25, 0.3) is 17.2 Å². The third kappa shape index (κ3) is 5.39. The van der Waals surface area contributed by atoms with Crippen LogP contribution >= 0.6 is 11.6 Å². The van der Waals surface area contributed by atoms with Gasteiger partial charge in [-0.05, 0) is 43.7 Å². The number of carbonyl (C=O) groups is 1. The molecule has 40 heavy (non-hydrogen) atoms. The Kier molecular flexibility index (Phi) is 7.51. The molecule has 1 fully saturated rings. The van der Waals surface area contributed by atoms with E-state index in [9.17, 15) is 22.8 Å². The summed E-state index contributed by atoms with van der Waals surface area (Å²) >= 11 is 6.06. The Morgan fingerprint density at radius 2 is 2.08 bits per heavy atom. The van der Waals surface area contributed by atoms with E-state index in [1.165, 1.54) is 4.52 Å². The van der Waals surface area contributed by atoms with Crippen LogP contribution in [0.5, 0.6) is 0 Å². The highest BCUT2D eigenvalue weighted by molar-refractivity contribution is 6.33. The normalized spacial score (nSPS) is 15.9. The lowest BCUT2D eigenvalue weighted by Gasteiger charge is -2.34. The number of hydrogen-bond donors (Lipinski definition) is 2. The summed E-state index contributed by atoms with van der Waals surface area (Å²) in [6, 6.07) is 6.33. The first-order valence-corrected chi connectivity index (χ1v) is 13.0. The highest BCUT2D eigenvalue weighted by atomic mass is 35.5. The van der Waals surface area contributed by atoms with Crippen LogP contribution in [-0.4, -0.2) is 55.7 Å². The average molecular weight is 575 g/mol. The van der Waals surface area contributed by atoms with Gasteiger partial charge in [-0.2, -0.15) is 22.7 Å². The zero-order valence-corrected chi connectivity index (χ0v) is 22.4. The number of hydrogen-bond acceptors (Lipinski definition) is 7. The van der Waals surface area contributed by atoms with Crippen molar-refractivity contribution < 1.29 is 18.0 Å². The van der Waals surface area contributed by atoms with Gasteiger partial charge >= 0.3 is 6.18 Å². The predicted molar refractivity (Wildman–Crippen MR) is 145 cm³/mol. The largest absolute Gasteiger partial charge is 0.416 e. The van der Waals surface area contributed by atoms with Crippen molar-refractivity contribution in [1.82, 2.24) is 29.5 Å². The number of piperazine rings is 1. The Morgan fingerprint density at radius 1 is 1.27 bits per heavy atom. The fraction of sp³-hybridized carbons (Fsp3) is 0.346. The van der Waals surface area contributed by atoms with E-state index in [1.807, 2.05) is 18.7 Å². The van der Waals surface area contributed by atoms with Crippen LogP contribution in [0.1, 0.15) is 25.1 Å². The molecule has 3 aromatic heterocycles.